The van der Waals surface area contributed by atoms with Gasteiger partial charge in [-0.15, -0.1) is 22.7 Å². The second-order valence-electron chi connectivity index (χ2n) is 3.27. The predicted octanol–water partition coefficient (Wildman–Crippen LogP) is 3.49. The number of halogens is 3. The largest absolute Gasteiger partial charge is 0.477 e. The normalized spacial score (nSPS) is 12.2. The maximum Gasteiger partial charge on any atom is 0.443 e. The van der Waals surface area contributed by atoms with E-state index in [1.165, 1.54) is 18.3 Å². The molecular weight excluding hydrogens is 301 g/mol. The number of thiazole rings is 2. The summed E-state index contributed by atoms with van der Waals surface area (Å²) in [5, 5.41) is 8.17. The van der Waals surface area contributed by atoms with Gasteiger partial charge in [0.1, 0.15) is 9.88 Å². The second-order valence-corrected chi connectivity index (χ2v) is 5.39. The Bertz CT molecular complexity index is 631. The highest BCUT2D eigenvalue weighted by atomic mass is 32.1. The Morgan fingerprint density at radius 2 is 1.95 bits per heavy atom. The molecule has 0 saturated heterocycles. The van der Waals surface area contributed by atoms with Crippen LogP contribution in [0.4, 0.5) is 13.2 Å². The van der Waals surface area contributed by atoms with Crippen molar-refractivity contribution in [1.29, 1.82) is 0 Å². The quantitative estimate of drug-likeness (QED) is 0.943. The molecule has 0 aliphatic heterocycles. The molecule has 0 aromatic carbocycles. The van der Waals surface area contributed by atoms with E-state index in [-0.39, 0.29) is 4.88 Å². The fourth-order valence-corrected chi connectivity index (χ4v) is 2.46. The van der Waals surface area contributed by atoms with Crippen molar-refractivity contribution >= 4 is 40.8 Å². The Morgan fingerprint density at radius 3 is 2.47 bits per heavy atom. The van der Waals surface area contributed by atoms with Gasteiger partial charge < -0.3 is 5.11 Å². The van der Waals surface area contributed by atoms with Crippen LogP contribution < -0.4 is 0 Å². The summed E-state index contributed by atoms with van der Waals surface area (Å²) >= 11 is 1.45. The van der Waals surface area contributed by atoms with E-state index in [1.807, 2.05) is 0 Å². The van der Waals surface area contributed by atoms with Gasteiger partial charge in [0.25, 0.3) is 0 Å². The summed E-state index contributed by atoms with van der Waals surface area (Å²) in [6.45, 7) is 0. The van der Waals surface area contributed by atoms with Crippen LogP contribution >= 0.6 is 22.7 Å². The number of alkyl halides is 3. The molecule has 1 N–H and O–H groups in total. The molecule has 0 bridgehead atoms. The first-order valence-electron chi connectivity index (χ1n) is 4.76. The molecule has 0 spiro atoms. The van der Waals surface area contributed by atoms with Crippen molar-refractivity contribution in [2.75, 3.05) is 0 Å². The first-order chi connectivity index (χ1) is 8.86. The second kappa shape index (κ2) is 5.10. The fraction of sp³-hybridized carbons (Fsp3) is 0.100. The van der Waals surface area contributed by atoms with Gasteiger partial charge in [-0.3, -0.25) is 0 Å². The molecule has 100 valence electrons. The zero-order valence-electron chi connectivity index (χ0n) is 9.01. The van der Waals surface area contributed by atoms with Crippen LogP contribution in [0.25, 0.3) is 12.2 Å². The Balaban J connectivity index is 2.14. The number of aromatic nitrogens is 2. The van der Waals surface area contributed by atoms with Crippen molar-refractivity contribution in [2.24, 2.45) is 0 Å². The summed E-state index contributed by atoms with van der Waals surface area (Å²) in [5.74, 6) is -1.09. The lowest BCUT2D eigenvalue weighted by atomic mass is 10.4. The Morgan fingerprint density at radius 1 is 1.21 bits per heavy atom. The molecule has 2 aromatic heterocycles. The van der Waals surface area contributed by atoms with Crippen LogP contribution in [0, 0.1) is 0 Å². The van der Waals surface area contributed by atoms with Crippen LogP contribution in [0.1, 0.15) is 24.6 Å². The number of hydrogen-bond donors (Lipinski definition) is 1. The van der Waals surface area contributed by atoms with Gasteiger partial charge in [-0.25, -0.2) is 14.8 Å². The topological polar surface area (TPSA) is 63.1 Å². The molecule has 0 aliphatic rings. The Hall–Kier alpha value is -1.74. The monoisotopic (exact) mass is 306 g/mol. The number of nitrogens with zero attached hydrogens (tertiary/aromatic N) is 2. The maximum absolute atomic E-state index is 12.3. The van der Waals surface area contributed by atoms with Crippen LogP contribution in [0.2, 0.25) is 0 Å². The minimum absolute atomic E-state index is 0.0694. The fourth-order valence-electron chi connectivity index (χ4n) is 1.11. The average Bonchev–Trinajstić information content (AvgIpc) is 2.95. The van der Waals surface area contributed by atoms with Crippen molar-refractivity contribution < 1.29 is 23.1 Å². The van der Waals surface area contributed by atoms with Gasteiger partial charge in [0, 0.05) is 11.1 Å². The maximum atomic E-state index is 12.3. The highest BCUT2D eigenvalue weighted by molar-refractivity contribution is 7.14. The summed E-state index contributed by atoms with van der Waals surface area (Å²) in [7, 11) is 0. The predicted molar refractivity (Wildman–Crippen MR) is 65.1 cm³/mol. The van der Waals surface area contributed by atoms with E-state index >= 15 is 0 Å². The van der Waals surface area contributed by atoms with Gasteiger partial charge in [-0.05, 0) is 12.2 Å². The van der Waals surface area contributed by atoms with Gasteiger partial charge in [-0.1, -0.05) is 0 Å². The smallest absolute Gasteiger partial charge is 0.443 e. The number of aromatic carboxylic acids is 1. The number of carbonyl (C=O) groups is 1. The van der Waals surface area contributed by atoms with Crippen molar-refractivity contribution in [1.82, 2.24) is 9.97 Å². The van der Waals surface area contributed by atoms with Gasteiger partial charge in [0.05, 0.1) is 6.20 Å². The lowest BCUT2D eigenvalue weighted by Crippen LogP contribution is -2.02. The Kier molecular flexibility index (Phi) is 3.67. The summed E-state index contributed by atoms with van der Waals surface area (Å²) in [6.07, 6.45) is 0.715. The standard InChI is InChI=1S/C10H5F3N2O2S2/c11-10(12,13)9-15-3-5(18-9)1-2-7-14-4-6(19-7)8(16)17/h1-4H,(H,16,17)/b2-1+. The number of hydrogen-bond acceptors (Lipinski definition) is 5. The molecule has 19 heavy (non-hydrogen) atoms. The summed E-state index contributed by atoms with van der Waals surface area (Å²) in [5.41, 5.74) is 0. The van der Waals surface area contributed by atoms with Gasteiger partial charge >= 0.3 is 12.1 Å². The van der Waals surface area contributed by atoms with E-state index in [0.29, 0.717) is 21.2 Å². The van der Waals surface area contributed by atoms with E-state index in [0.717, 1.165) is 17.5 Å². The summed E-state index contributed by atoms with van der Waals surface area (Å²) in [6, 6.07) is 0. The molecule has 9 heteroatoms. The van der Waals surface area contributed by atoms with Crippen LogP contribution in [0.5, 0.6) is 0 Å². The van der Waals surface area contributed by atoms with E-state index in [1.54, 1.807) is 0 Å². The van der Waals surface area contributed by atoms with Crippen LogP contribution in [-0.4, -0.2) is 21.0 Å². The molecule has 2 aromatic rings. The SMILES string of the molecule is O=C(O)c1cnc(/C=C/c2cnc(C(F)(F)F)s2)s1. The van der Waals surface area contributed by atoms with Crippen molar-refractivity contribution in [3.8, 4) is 0 Å². The molecule has 2 rings (SSSR count). The van der Waals surface area contributed by atoms with E-state index in [4.69, 9.17) is 5.11 Å². The molecule has 0 radical (unpaired) electrons. The highest BCUT2D eigenvalue weighted by Gasteiger charge is 2.34. The molecule has 0 saturated carbocycles. The lowest BCUT2D eigenvalue weighted by Gasteiger charge is -1.98. The minimum atomic E-state index is -4.45. The number of rotatable bonds is 3. The van der Waals surface area contributed by atoms with Crippen LogP contribution in [0.15, 0.2) is 12.4 Å². The third-order valence-electron chi connectivity index (χ3n) is 1.89. The van der Waals surface area contributed by atoms with Crippen molar-refractivity contribution in [3.05, 3.63) is 32.2 Å². The van der Waals surface area contributed by atoms with E-state index in [9.17, 15) is 18.0 Å². The summed E-state index contributed by atoms with van der Waals surface area (Å²) in [4.78, 5) is 18.1. The lowest BCUT2D eigenvalue weighted by molar-refractivity contribution is -0.137. The van der Waals surface area contributed by atoms with Crippen LogP contribution in [-0.2, 0) is 6.18 Å². The number of carboxylic acids is 1. The first kappa shape index (κ1) is 13.7. The molecule has 0 amide bonds. The minimum Gasteiger partial charge on any atom is -0.477 e. The van der Waals surface area contributed by atoms with E-state index in [2.05, 4.69) is 9.97 Å². The molecular formula is C10H5F3N2O2S2. The molecule has 0 aliphatic carbocycles. The van der Waals surface area contributed by atoms with Gasteiger partial charge in [-0.2, -0.15) is 13.2 Å². The first-order valence-corrected chi connectivity index (χ1v) is 6.40. The zero-order valence-corrected chi connectivity index (χ0v) is 10.6. The van der Waals surface area contributed by atoms with Crippen molar-refractivity contribution in [2.45, 2.75) is 6.18 Å². The molecule has 0 atom stereocenters. The van der Waals surface area contributed by atoms with Crippen LogP contribution in [0.3, 0.4) is 0 Å². The van der Waals surface area contributed by atoms with Gasteiger partial charge in [0.15, 0.2) is 5.01 Å². The zero-order chi connectivity index (χ0) is 14.0. The molecule has 0 unspecified atom stereocenters. The average molecular weight is 306 g/mol. The summed E-state index contributed by atoms with van der Waals surface area (Å²) < 4.78 is 36.9. The highest BCUT2D eigenvalue weighted by Crippen LogP contribution is 2.33. The number of carboxylic acid groups (broad SMARTS) is 1. The third-order valence-corrected chi connectivity index (χ3v) is 3.85. The van der Waals surface area contributed by atoms with E-state index < -0.39 is 17.2 Å². The van der Waals surface area contributed by atoms with Gasteiger partial charge in [0.2, 0.25) is 0 Å². The third kappa shape index (κ3) is 3.38. The molecule has 4 nitrogen and oxygen atoms in total. The van der Waals surface area contributed by atoms with Crippen molar-refractivity contribution in [3.63, 3.8) is 0 Å². The Labute approximate surface area is 112 Å². The molecule has 2 heterocycles. The molecule has 0 fully saturated rings.